The summed E-state index contributed by atoms with van der Waals surface area (Å²) >= 11 is 11.9. The van der Waals surface area contributed by atoms with Crippen molar-refractivity contribution >= 4 is 46.6 Å². The predicted octanol–water partition coefficient (Wildman–Crippen LogP) is 2.96. The van der Waals surface area contributed by atoms with Gasteiger partial charge in [0.2, 0.25) is 17.7 Å². The van der Waals surface area contributed by atoms with Crippen molar-refractivity contribution < 1.29 is 14.4 Å². The average Bonchev–Trinajstić information content (AvgIpc) is 3.21. The van der Waals surface area contributed by atoms with E-state index in [0.29, 0.717) is 27.6 Å². The van der Waals surface area contributed by atoms with Gasteiger partial charge in [0.25, 0.3) is 0 Å². The minimum atomic E-state index is -0.451. The molecule has 0 radical (unpaired) electrons. The minimum Gasteiger partial charge on any atom is -0.323 e. The van der Waals surface area contributed by atoms with Crippen molar-refractivity contribution in [1.29, 1.82) is 0 Å². The Kier molecular flexibility index (Phi) is 3.81. The van der Waals surface area contributed by atoms with Gasteiger partial charge in [0.05, 0.1) is 22.5 Å². The topological polar surface area (TPSA) is 66.5 Å². The molecule has 1 aliphatic heterocycles. The molecule has 0 aromatic heterocycles. The number of carbonyl (C=O) groups is 3. The van der Waals surface area contributed by atoms with Gasteiger partial charge in [-0.3, -0.25) is 19.3 Å². The highest BCUT2D eigenvalue weighted by molar-refractivity contribution is 6.35. The van der Waals surface area contributed by atoms with Crippen molar-refractivity contribution in [2.45, 2.75) is 19.3 Å². The molecule has 2 saturated carbocycles. The maximum Gasteiger partial charge on any atom is 0.244 e. The van der Waals surface area contributed by atoms with Crippen LogP contribution in [0.25, 0.3) is 0 Å². The molecule has 1 saturated heterocycles. The van der Waals surface area contributed by atoms with Gasteiger partial charge >= 0.3 is 0 Å². The molecule has 3 aliphatic rings. The van der Waals surface area contributed by atoms with Crippen molar-refractivity contribution in [2.24, 2.45) is 23.7 Å². The van der Waals surface area contributed by atoms with Crippen LogP contribution >= 0.6 is 23.2 Å². The number of imide groups is 1. The number of carbonyl (C=O) groups excluding carboxylic acids is 3. The van der Waals surface area contributed by atoms with Crippen LogP contribution in [0.2, 0.25) is 10.0 Å². The lowest BCUT2D eigenvalue weighted by molar-refractivity contribution is -0.143. The summed E-state index contributed by atoms with van der Waals surface area (Å²) in [4.78, 5) is 38.5. The zero-order chi connectivity index (χ0) is 17.0. The van der Waals surface area contributed by atoms with Gasteiger partial charge < -0.3 is 5.32 Å². The van der Waals surface area contributed by atoms with E-state index >= 15 is 0 Å². The second kappa shape index (κ2) is 5.74. The fraction of sp³-hybridized carbons (Fsp3) is 0.471. The van der Waals surface area contributed by atoms with Gasteiger partial charge in [-0.15, -0.1) is 0 Å². The Balaban J connectivity index is 1.47. The molecule has 1 heterocycles. The van der Waals surface area contributed by atoms with Crippen LogP contribution in [-0.4, -0.2) is 29.2 Å². The maximum atomic E-state index is 12.6. The standard InChI is InChI=1S/C17H16Cl2N2O3/c18-10-3-4-11(19)12(6-10)20-13(22)7-21-16(23)14-8-1-2-9(5-8)15(14)17(21)24/h3-4,6,8-9,14-15H,1-2,5,7H2,(H,20,22)/t8-,9-,14-,15+/m1/s1. The van der Waals surface area contributed by atoms with Crippen LogP contribution in [0.5, 0.6) is 0 Å². The number of amides is 3. The zero-order valence-electron chi connectivity index (χ0n) is 12.8. The van der Waals surface area contributed by atoms with Crippen LogP contribution in [0.15, 0.2) is 18.2 Å². The number of fused-ring (bicyclic) bond motifs is 5. The van der Waals surface area contributed by atoms with Crippen LogP contribution in [-0.2, 0) is 14.4 Å². The predicted molar refractivity (Wildman–Crippen MR) is 89.6 cm³/mol. The molecule has 0 unspecified atom stereocenters. The summed E-state index contributed by atoms with van der Waals surface area (Å²) in [6.07, 6.45) is 3.01. The van der Waals surface area contributed by atoms with Crippen LogP contribution in [0.3, 0.4) is 0 Å². The van der Waals surface area contributed by atoms with E-state index in [1.54, 1.807) is 12.1 Å². The molecule has 3 amide bonds. The fourth-order valence-electron chi connectivity index (χ4n) is 4.55. The number of anilines is 1. The van der Waals surface area contributed by atoms with Gasteiger partial charge in [0.15, 0.2) is 0 Å². The average molecular weight is 367 g/mol. The highest BCUT2D eigenvalue weighted by Crippen LogP contribution is 2.56. The highest BCUT2D eigenvalue weighted by Gasteiger charge is 2.60. The summed E-state index contributed by atoms with van der Waals surface area (Å²) in [6.45, 7) is -0.271. The molecule has 0 spiro atoms. The normalized spacial score (nSPS) is 30.8. The number of likely N-dealkylation sites (tertiary alicyclic amines) is 1. The molecule has 7 heteroatoms. The van der Waals surface area contributed by atoms with E-state index in [0.717, 1.165) is 24.2 Å². The lowest BCUT2D eigenvalue weighted by atomic mass is 9.81. The summed E-state index contributed by atoms with van der Waals surface area (Å²) in [5.74, 6) is -0.626. The summed E-state index contributed by atoms with van der Waals surface area (Å²) < 4.78 is 0. The molecule has 2 aliphatic carbocycles. The Morgan fingerprint density at radius 1 is 1.12 bits per heavy atom. The zero-order valence-corrected chi connectivity index (χ0v) is 14.3. The van der Waals surface area contributed by atoms with Crippen LogP contribution in [0, 0.1) is 23.7 Å². The van der Waals surface area contributed by atoms with Crippen molar-refractivity contribution in [3.63, 3.8) is 0 Å². The molecule has 3 fully saturated rings. The van der Waals surface area contributed by atoms with Crippen molar-refractivity contribution in [1.82, 2.24) is 4.90 Å². The Morgan fingerprint density at radius 2 is 1.75 bits per heavy atom. The number of benzene rings is 1. The number of rotatable bonds is 3. The Hall–Kier alpha value is -1.59. The first kappa shape index (κ1) is 15.9. The maximum absolute atomic E-state index is 12.6. The van der Waals surface area contributed by atoms with E-state index in [1.807, 2.05) is 0 Å². The molecule has 1 aromatic rings. The molecule has 24 heavy (non-hydrogen) atoms. The number of halogens is 2. The van der Waals surface area contributed by atoms with Gasteiger partial charge in [-0.1, -0.05) is 23.2 Å². The molecule has 2 bridgehead atoms. The van der Waals surface area contributed by atoms with Gasteiger partial charge in [0, 0.05) is 5.02 Å². The summed E-state index contributed by atoms with van der Waals surface area (Å²) in [5.41, 5.74) is 0.369. The SMILES string of the molecule is O=C(CN1C(=O)[C@@H]2[C@@H]3CC[C@H](C3)[C@@H]2C1=O)Nc1cc(Cl)ccc1Cl. The Bertz CT molecular complexity index is 723. The number of nitrogens with zero attached hydrogens (tertiary/aromatic N) is 1. The van der Waals surface area contributed by atoms with Gasteiger partial charge in [-0.25, -0.2) is 0 Å². The molecule has 4 atom stereocenters. The first-order valence-corrected chi connectivity index (χ1v) is 8.81. The minimum absolute atomic E-state index is 0.190. The molecule has 126 valence electrons. The van der Waals surface area contributed by atoms with E-state index < -0.39 is 5.91 Å². The molecule has 5 nitrogen and oxygen atoms in total. The van der Waals surface area contributed by atoms with Crippen molar-refractivity contribution in [3.05, 3.63) is 28.2 Å². The van der Waals surface area contributed by atoms with Crippen molar-refractivity contribution in [2.75, 3.05) is 11.9 Å². The molecular weight excluding hydrogens is 351 g/mol. The number of hydrogen-bond acceptors (Lipinski definition) is 3. The molecule has 1 N–H and O–H groups in total. The fourth-order valence-corrected chi connectivity index (χ4v) is 4.89. The largest absolute Gasteiger partial charge is 0.323 e. The molecule has 4 rings (SSSR count). The van der Waals surface area contributed by atoms with E-state index in [4.69, 9.17) is 23.2 Å². The third-order valence-corrected chi connectivity index (χ3v) is 6.09. The summed E-state index contributed by atoms with van der Waals surface area (Å²) in [7, 11) is 0. The first-order valence-electron chi connectivity index (χ1n) is 8.06. The highest BCUT2D eigenvalue weighted by atomic mass is 35.5. The van der Waals surface area contributed by atoms with Gasteiger partial charge in [-0.2, -0.15) is 0 Å². The summed E-state index contributed by atoms with van der Waals surface area (Å²) in [5, 5.41) is 3.41. The quantitative estimate of drug-likeness (QED) is 0.836. The van der Waals surface area contributed by atoms with Crippen molar-refractivity contribution in [3.8, 4) is 0 Å². The van der Waals surface area contributed by atoms with Gasteiger partial charge in [-0.05, 0) is 49.3 Å². The summed E-state index contributed by atoms with van der Waals surface area (Å²) in [6, 6.07) is 4.72. The smallest absolute Gasteiger partial charge is 0.244 e. The van der Waals surface area contributed by atoms with Crippen LogP contribution in [0.1, 0.15) is 19.3 Å². The lowest BCUT2D eigenvalue weighted by Crippen LogP contribution is -2.39. The second-order valence-electron chi connectivity index (χ2n) is 6.82. The first-order chi connectivity index (χ1) is 11.5. The second-order valence-corrected chi connectivity index (χ2v) is 7.66. The Labute approximate surface area is 149 Å². The monoisotopic (exact) mass is 366 g/mol. The van der Waals surface area contributed by atoms with E-state index in [1.165, 1.54) is 6.07 Å². The number of hydrogen-bond donors (Lipinski definition) is 1. The van der Waals surface area contributed by atoms with Crippen LogP contribution < -0.4 is 5.32 Å². The van der Waals surface area contributed by atoms with Gasteiger partial charge in [0.1, 0.15) is 6.54 Å². The molecular formula is C17H16Cl2N2O3. The number of nitrogens with one attached hydrogen (secondary N) is 1. The lowest BCUT2D eigenvalue weighted by Gasteiger charge is -2.19. The Morgan fingerprint density at radius 3 is 2.38 bits per heavy atom. The van der Waals surface area contributed by atoms with Crippen LogP contribution in [0.4, 0.5) is 5.69 Å². The molecule has 1 aromatic carbocycles. The van der Waals surface area contributed by atoms with E-state index in [9.17, 15) is 14.4 Å². The third-order valence-electron chi connectivity index (χ3n) is 5.52. The third kappa shape index (κ3) is 2.42. The van der Waals surface area contributed by atoms with E-state index in [-0.39, 0.29) is 30.2 Å². The van der Waals surface area contributed by atoms with E-state index in [2.05, 4.69) is 5.32 Å².